The predicted molar refractivity (Wildman–Crippen MR) is 103 cm³/mol. The molecular formula is C18H24N6OS. The highest BCUT2D eigenvalue weighted by atomic mass is 32.1. The number of carbonyl (C=O) groups excluding carboxylic acids is 1. The minimum atomic E-state index is 0.0293. The maximum atomic E-state index is 12.6. The fraction of sp³-hybridized carbons (Fsp3) is 0.556. The number of nitrogens with one attached hydrogen (secondary N) is 1. The molecule has 2 saturated heterocycles. The molecule has 8 heteroatoms. The normalized spacial score (nSPS) is 18.3. The molecule has 0 unspecified atom stereocenters. The molecule has 0 radical (unpaired) electrons. The average Bonchev–Trinajstić information content (AvgIpc) is 3.39. The number of hydrogen-bond acceptors (Lipinski definition) is 7. The summed E-state index contributed by atoms with van der Waals surface area (Å²) in [5.74, 6) is 1.47. The van der Waals surface area contributed by atoms with Crippen molar-refractivity contribution in [1.82, 2.24) is 19.9 Å². The van der Waals surface area contributed by atoms with Gasteiger partial charge in [0.15, 0.2) is 5.13 Å². The fourth-order valence-corrected chi connectivity index (χ4v) is 4.38. The van der Waals surface area contributed by atoms with E-state index in [1.807, 2.05) is 17.3 Å². The third kappa shape index (κ3) is 3.51. The molecule has 0 saturated carbocycles. The van der Waals surface area contributed by atoms with Gasteiger partial charge in [0.05, 0.1) is 0 Å². The van der Waals surface area contributed by atoms with Crippen molar-refractivity contribution in [3.8, 4) is 0 Å². The fourth-order valence-electron chi connectivity index (χ4n) is 3.73. The van der Waals surface area contributed by atoms with Gasteiger partial charge in [0, 0.05) is 56.3 Å². The van der Waals surface area contributed by atoms with Crippen molar-refractivity contribution in [2.45, 2.75) is 31.6 Å². The van der Waals surface area contributed by atoms with E-state index < -0.39 is 0 Å². The Morgan fingerprint density at radius 2 is 1.96 bits per heavy atom. The lowest BCUT2D eigenvalue weighted by Crippen LogP contribution is -2.38. The van der Waals surface area contributed by atoms with Crippen LogP contribution in [0.15, 0.2) is 17.8 Å². The van der Waals surface area contributed by atoms with Crippen LogP contribution in [0.5, 0.6) is 0 Å². The van der Waals surface area contributed by atoms with Crippen LogP contribution in [-0.4, -0.2) is 59.0 Å². The number of likely N-dealkylation sites (tertiary alicyclic amines) is 1. The minimum absolute atomic E-state index is 0.0293. The largest absolute Gasteiger partial charge is 0.365 e. The van der Waals surface area contributed by atoms with Gasteiger partial charge < -0.3 is 15.1 Å². The van der Waals surface area contributed by atoms with Crippen LogP contribution in [0, 0.1) is 0 Å². The lowest BCUT2D eigenvalue weighted by Gasteiger charge is -2.31. The first-order valence-corrected chi connectivity index (χ1v) is 10.1. The number of nitrogens with zero attached hydrogens (tertiary/aromatic N) is 5. The van der Waals surface area contributed by atoms with Crippen LogP contribution >= 0.6 is 11.3 Å². The molecule has 1 N–H and O–H groups in total. The number of piperidine rings is 1. The Bertz CT molecular complexity index is 765. The third-order valence-electron chi connectivity index (χ3n) is 5.24. The van der Waals surface area contributed by atoms with Crippen LogP contribution in [0.25, 0.3) is 0 Å². The first-order valence-electron chi connectivity index (χ1n) is 9.24. The van der Waals surface area contributed by atoms with E-state index in [-0.39, 0.29) is 5.91 Å². The quantitative estimate of drug-likeness (QED) is 0.889. The monoisotopic (exact) mass is 372 g/mol. The van der Waals surface area contributed by atoms with E-state index in [9.17, 15) is 4.79 Å². The van der Waals surface area contributed by atoms with Crippen molar-refractivity contribution in [1.29, 1.82) is 0 Å². The molecule has 0 atom stereocenters. The van der Waals surface area contributed by atoms with Gasteiger partial charge in [-0.05, 0) is 25.7 Å². The van der Waals surface area contributed by atoms with Gasteiger partial charge in [-0.15, -0.1) is 11.3 Å². The van der Waals surface area contributed by atoms with Crippen molar-refractivity contribution in [3.05, 3.63) is 29.2 Å². The SMILES string of the molecule is CNc1nc(C(=O)N2CCC(c3cc(N4CCCC4)ncn3)CC2)cs1. The summed E-state index contributed by atoms with van der Waals surface area (Å²) in [6.07, 6.45) is 6.04. The highest BCUT2D eigenvalue weighted by Crippen LogP contribution is 2.29. The molecule has 26 heavy (non-hydrogen) atoms. The zero-order valence-corrected chi connectivity index (χ0v) is 15.8. The van der Waals surface area contributed by atoms with Crippen molar-refractivity contribution in [2.24, 2.45) is 0 Å². The van der Waals surface area contributed by atoms with Gasteiger partial charge in [-0.2, -0.15) is 0 Å². The Kier molecular flexibility index (Phi) is 5.01. The molecule has 0 aliphatic carbocycles. The Balaban J connectivity index is 1.39. The molecule has 0 bridgehead atoms. The highest BCUT2D eigenvalue weighted by Gasteiger charge is 2.27. The summed E-state index contributed by atoms with van der Waals surface area (Å²) >= 11 is 1.46. The van der Waals surface area contributed by atoms with E-state index in [0.29, 0.717) is 11.6 Å². The maximum absolute atomic E-state index is 12.6. The maximum Gasteiger partial charge on any atom is 0.273 e. The molecule has 2 fully saturated rings. The standard InChI is InChI=1S/C18H24N6OS/c1-19-18-22-15(11-26-18)17(25)24-8-4-13(5-9-24)14-10-16(21-12-20-14)23-6-2-3-7-23/h10-13H,2-9H2,1H3,(H,19,22). The lowest BCUT2D eigenvalue weighted by molar-refractivity contribution is 0.0707. The van der Waals surface area contributed by atoms with Crippen molar-refractivity contribution in [3.63, 3.8) is 0 Å². The second-order valence-electron chi connectivity index (χ2n) is 6.85. The van der Waals surface area contributed by atoms with Crippen molar-refractivity contribution < 1.29 is 4.79 Å². The summed E-state index contributed by atoms with van der Waals surface area (Å²) in [5.41, 5.74) is 1.65. The number of thiazole rings is 1. The summed E-state index contributed by atoms with van der Waals surface area (Å²) in [6, 6.07) is 2.15. The molecule has 2 aromatic heterocycles. The molecule has 2 aliphatic rings. The highest BCUT2D eigenvalue weighted by molar-refractivity contribution is 7.13. The lowest BCUT2D eigenvalue weighted by atomic mass is 9.93. The van der Waals surface area contributed by atoms with Crippen LogP contribution in [0.3, 0.4) is 0 Å². The topological polar surface area (TPSA) is 74.2 Å². The Hall–Kier alpha value is -2.22. The first kappa shape index (κ1) is 17.2. The van der Waals surface area contributed by atoms with Crippen LogP contribution < -0.4 is 10.2 Å². The Labute approximate surface area is 157 Å². The Morgan fingerprint density at radius 1 is 1.19 bits per heavy atom. The van der Waals surface area contributed by atoms with Gasteiger partial charge in [0.2, 0.25) is 0 Å². The number of amides is 1. The zero-order valence-electron chi connectivity index (χ0n) is 15.0. The van der Waals surface area contributed by atoms with Crippen LogP contribution in [0.1, 0.15) is 47.8 Å². The van der Waals surface area contributed by atoms with E-state index in [1.54, 1.807) is 6.33 Å². The van der Waals surface area contributed by atoms with E-state index in [0.717, 1.165) is 55.7 Å². The summed E-state index contributed by atoms with van der Waals surface area (Å²) in [5, 5.41) is 5.58. The van der Waals surface area contributed by atoms with Crippen molar-refractivity contribution in [2.75, 3.05) is 43.4 Å². The van der Waals surface area contributed by atoms with Gasteiger partial charge in [-0.1, -0.05) is 0 Å². The van der Waals surface area contributed by atoms with E-state index in [2.05, 4.69) is 31.2 Å². The summed E-state index contributed by atoms with van der Waals surface area (Å²) in [4.78, 5) is 30.1. The van der Waals surface area contributed by atoms with E-state index in [4.69, 9.17) is 0 Å². The van der Waals surface area contributed by atoms with Crippen molar-refractivity contribution >= 4 is 28.2 Å². The van der Waals surface area contributed by atoms with Gasteiger partial charge in [0.25, 0.3) is 5.91 Å². The summed E-state index contributed by atoms with van der Waals surface area (Å²) in [6.45, 7) is 3.68. The molecule has 1 amide bonds. The van der Waals surface area contributed by atoms with Gasteiger partial charge >= 0.3 is 0 Å². The molecule has 0 aromatic carbocycles. The second kappa shape index (κ2) is 7.57. The average molecular weight is 372 g/mol. The number of anilines is 2. The van der Waals surface area contributed by atoms with Crippen LogP contribution in [0.4, 0.5) is 10.9 Å². The molecular weight excluding hydrogens is 348 g/mol. The smallest absolute Gasteiger partial charge is 0.273 e. The summed E-state index contributed by atoms with van der Waals surface area (Å²) < 4.78 is 0. The number of carbonyl (C=O) groups is 1. The molecule has 0 spiro atoms. The van der Waals surface area contributed by atoms with E-state index >= 15 is 0 Å². The van der Waals surface area contributed by atoms with Gasteiger partial charge in [-0.3, -0.25) is 4.79 Å². The minimum Gasteiger partial charge on any atom is -0.365 e. The molecule has 4 rings (SSSR count). The first-order chi connectivity index (χ1) is 12.7. The second-order valence-corrected chi connectivity index (χ2v) is 7.71. The third-order valence-corrected chi connectivity index (χ3v) is 6.10. The molecule has 7 nitrogen and oxygen atoms in total. The van der Waals surface area contributed by atoms with Crippen LogP contribution in [0.2, 0.25) is 0 Å². The van der Waals surface area contributed by atoms with Gasteiger partial charge in [-0.25, -0.2) is 15.0 Å². The molecule has 2 aromatic rings. The zero-order chi connectivity index (χ0) is 17.9. The molecule has 4 heterocycles. The number of rotatable bonds is 4. The molecule has 2 aliphatic heterocycles. The molecule has 138 valence electrons. The number of hydrogen-bond donors (Lipinski definition) is 1. The number of aromatic nitrogens is 3. The summed E-state index contributed by atoms with van der Waals surface area (Å²) in [7, 11) is 1.82. The van der Waals surface area contributed by atoms with Crippen LogP contribution in [-0.2, 0) is 0 Å². The van der Waals surface area contributed by atoms with Gasteiger partial charge in [0.1, 0.15) is 17.8 Å². The predicted octanol–water partition coefficient (Wildman–Crippen LogP) is 2.59. The van der Waals surface area contributed by atoms with E-state index in [1.165, 1.54) is 24.2 Å². The Morgan fingerprint density at radius 3 is 2.65 bits per heavy atom.